The van der Waals surface area contributed by atoms with Gasteiger partial charge in [-0.1, -0.05) is 43.6 Å². The fraction of sp³-hybridized carbons (Fsp3) is 0.389. The molecule has 25 heavy (non-hydrogen) atoms. The van der Waals surface area contributed by atoms with Gasteiger partial charge in [-0.25, -0.2) is 0 Å². The molecule has 3 rings (SSSR count). The number of benzene rings is 1. The van der Waals surface area contributed by atoms with Gasteiger partial charge in [0.2, 0.25) is 5.88 Å². The average Bonchev–Trinajstić information content (AvgIpc) is 2.56. The number of hydrogen-bond donors (Lipinski definition) is 1. The van der Waals surface area contributed by atoms with Gasteiger partial charge in [0.1, 0.15) is 18.0 Å². The van der Waals surface area contributed by atoms with Crippen molar-refractivity contribution < 1.29 is 14.6 Å². The van der Waals surface area contributed by atoms with E-state index in [0.717, 1.165) is 5.56 Å². The first-order valence-corrected chi connectivity index (χ1v) is 8.48. The molecule has 6 nitrogen and oxygen atoms in total. The molecule has 0 saturated carbocycles. The number of fused-ring (bicyclic) bond motifs is 1. The van der Waals surface area contributed by atoms with Crippen LogP contribution in [-0.4, -0.2) is 27.0 Å². The van der Waals surface area contributed by atoms with Crippen molar-refractivity contribution in [1.82, 2.24) is 9.55 Å². The minimum atomic E-state index is -0.553. The van der Waals surface area contributed by atoms with Crippen LogP contribution in [0.25, 0.3) is 0 Å². The Hall–Kier alpha value is -2.18. The Kier molecular flexibility index (Phi) is 4.92. The molecule has 7 heteroatoms. The van der Waals surface area contributed by atoms with E-state index >= 15 is 0 Å². The third kappa shape index (κ3) is 3.32. The molecule has 2 aromatic rings. The van der Waals surface area contributed by atoms with E-state index in [1.54, 1.807) is 6.07 Å². The van der Waals surface area contributed by atoms with Crippen molar-refractivity contribution >= 4 is 17.4 Å². The standard InChI is InChI=1S/C18H19ClN2O4/c1-10(2)12-5-3-4-11(16(12)19)8-13(22)15-17(23)20-14-9-25-7-6-21(14)18(15)24/h3-5,10,23H,6-9H2,1-2H3. The van der Waals surface area contributed by atoms with Gasteiger partial charge in [0.05, 0.1) is 13.2 Å². The van der Waals surface area contributed by atoms with Gasteiger partial charge in [0, 0.05) is 11.4 Å². The molecule has 1 aromatic carbocycles. The molecule has 132 valence electrons. The second kappa shape index (κ2) is 6.98. The first kappa shape index (κ1) is 17.6. The Labute approximate surface area is 150 Å². The zero-order chi connectivity index (χ0) is 18.1. The second-order valence-corrected chi connectivity index (χ2v) is 6.69. The highest BCUT2D eigenvalue weighted by molar-refractivity contribution is 6.32. The summed E-state index contributed by atoms with van der Waals surface area (Å²) in [4.78, 5) is 29.2. The number of Topliss-reactive ketones (excluding diaryl/α,β-unsaturated/α-hetero) is 1. The molecule has 0 atom stereocenters. The lowest BCUT2D eigenvalue weighted by atomic mass is 9.97. The molecule has 0 bridgehead atoms. The van der Waals surface area contributed by atoms with E-state index in [0.29, 0.717) is 29.6 Å². The molecule has 0 amide bonds. The van der Waals surface area contributed by atoms with Gasteiger partial charge in [-0.05, 0) is 17.0 Å². The van der Waals surface area contributed by atoms with Crippen molar-refractivity contribution in [2.75, 3.05) is 6.61 Å². The summed E-state index contributed by atoms with van der Waals surface area (Å²) in [5.41, 5.74) is 0.736. The third-order valence-electron chi connectivity index (χ3n) is 4.28. The topological polar surface area (TPSA) is 81.4 Å². The SMILES string of the molecule is CC(C)c1cccc(CC(=O)c2c(O)nc3n(c2=O)CCOC3)c1Cl. The number of ether oxygens (including phenoxy) is 1. The quantitative estimate of drug-likeness (QED) is 0.846. The first-order chi connectivity index (χ1) is 11.9. The number of ketones is 1. The van der Waals surface area contributed by atoms with Crippen LogP contribution in [0.5, 0.6) is 5.88 Å². The number of aromatic nitrogens is 2. The fourth-order valence-corrected chi connectivity index (χ4v) is 3.34. The number of nitrogens with zero attached hydrogens (tertiary/aromatic N) is 2. The summed E-state index contributed by atoms with van der Waals surface area (Å²) >= 11 is 6.40. The van der Waals surface area contributed by atoms with E-state index < -0.39 is 17.2 Å². The van der Waals surface area contributed by atoms with Crippen molar-refractivity contribution in [1.29, 1.82) is 0 Å². The molecular weight excluding hydrogens is 344 g/mol. The zero-order valence-corrected chi connectivity index (χ0v) is 14.8. The molecule has 1 aliphatic heterocycles. The van der Waals surface area contributed by atoms with Crippen LogP contribution in [0, 0.1) is 0 Å². The van der Waals surface area contributed by atoms with E-state index in [-0.39, 0.29) is 24.5 Å². The fourth-order valence-electron chi connectivity index (χ4n) is 2.93. The molecule has 1 aromatic heterocycles. The molecular formula is C18H19ClN2O4. The largest absolute Gasteiger partial charge is 0.493 e. The molecule has 0 fully saturated rings. The minimum absolute atomic E-state index is 0.0697. The van der Waals surface area contributed by atoms with E-state index in [1.807, 2.05) is 26.0 Å². The van der Waals surface area contributed by atoms with Crippen LogP contribution in [0.4, 0.5) is 0 Å². The van der Waals surface area contributed by atoms with Gasteiger partial charge in [-0.2, -0.15) is 4.98 Å². The van der Waals surface area contributed by atoms with Crippen LogP contribution < -0.4 is 5.56 Å². The maximum Gasteiger partial charge on any atom is 0.268 e. The van der Waals surface area contributed by atoms with Crippen LogP contribution in [0.1, 0.15) is 47.1 Å². The van der Waals surface area contributed by atoms with Gasteiger partial charge in [0.15, 0.2) is 5.78 Å². The Balaban J connectivity index is 1.98. The maximum atomic E-state index is 12.7. The highest BCUT2D eigenvalue weighted by Crippen LogP contribution is 2.28. The predicted octanol–water partition coefficient (Wildman–Crippen LogP) is 2.68. The summed E-state index contributed by atoms with van der Waals surface area (Å²) in [6.45, 7) is 4.85. The van der Waals surface area contributed by atoms with Crippen molar-refractivity contribution in [2.24, 2.45) is 0 Å². The second-order valence-electron chi connectivity index (χ2n) is 6.31. The summed E-state index contributed by atoms with van der Waals surface area (Å²) in [5, 5.41) is 10.6. The Morgan fingerprint density at radius 1 is 1.44 bits per heavy atom. The van der Waals surface area contributed by atoms with Gasteiger partial charge in [0.25, 0.3) is 5.56 Å². The summed E-state index contributed by atoms with van der Waals surface area (Å²) in [7, 11) is 0. The molecule has 1 aliphatic rings. The van der Waals surface area contributed by atoms with Crippen molar-refractivity contribution in [3.8, 4) is 5.88 Å². The van der Waals surface area contributed by atoms with Crippen molar-refractivity contribution in [3.63, 3.8) is 0 Å². The summed E-state index contributed by atoms with van der Waals surface area (Å²) in [6.07, 6.45) is -0.0697. The number of halogens is 1. The van der Waals surface area contributed by atoms with Crippen molar-refractivity contribution in [3.05, 3.63) is 56.1 Å². The summed E-state index contributed by atoms with van der Waals surface area (Å²) in [6, 6.07) is 5.49. The third-order valence-corrected chi connectivity index (χ3v) is 4.74. The lowest BCUT2D eigenvalue weighted by Gasteiger charge is -2.19. The normalized spacial score (nSPS) is 13.8. The number of rotatable bonds is 4. The molecule has 0 radical (unpaired) electrons. The monoisotopic (exact) mass is 362 g/mol. The van der Waals surface area contributed by atoms with E-state index in [9.17, 15) is 14.7 Å². The van der Waals surface area contributed by atoms with Crippen LogP contribution in [0.3, 0.4) is 0 Å². The van der Waals surface area contributed by atoms with Crippen LogP contribution in [0.2, 0.25) is 5.02 Å². The van der Waals surface area contributed by atoms with E-state index in [1.165, 1.54) is 4.57 Å². The Bertz CT molecular complexity index is 889. The Morgan fingerprint density at radius 3 is 2.92 bits per heavy atom. The molecule has 2 heterocycles. The first-order valence-electron chi connectivity index (χ1n) is 8.11. The number of carbonyl (C=O) groups excluding carboxylic acids is 1. The van der Waals surface area contributed by atoms with Gasteiger partial charge in [-0.3, -0.25) is 14.2 Å². The predicted molar refractivity (Wildman–Crippen MR) is 93.4 cm³/mol. The van der Waals surface area contributed by atoms with Gasteiger partial charge >= 0.3 is 0 Å². The maximum absolute atomic E-state index is 12.7. The smallest absolute Gasteiger partial charge is 0.268 e. The Morgan fingerprint density at radius 2 is 2.20 bits per heavy atom. The highest BCUT2D eigenvalue weighted by Gasteiger charge is 2.24. The van der Waals surface area contributed by atoms with Crippen molar-refractivity contribution in [2.45, 2.75) is 39.3 Å². The number of hydrogen-bond acceptors (Lipinski definition) is 5. The molecule has 1 N–H and O–H groups in total. The molecule has 0 spiro atoms. The van der Waals surface area contributed by atoms with E-state index in [4.69, 9.17) is 16.3 Å². The van der Waals surface area contributed by atoms with Crippen LogP contribution in [0.15, 0.2) is 23.0 Å². The molecule has 0 saturated heterocycles. The number of aromatic hydroxyl groups is 1. The van der Waals surface area contributed by atoms with Gasteiger partial charge in [-0.15, -0.1) is 0 Å². The molecule has 0 aliphatic carbocycles. The highest BCUT2D eigenvalue weighted by atomic mass is 35.5. The summed E-state index contributed by atoms with van der Waals surface area (Å²) < 4.78 is 6.60. The number of carbonyl (C=O) groups is 1. The van der Waals surface area contributed by atoms with Gasteiger partial charge < -0.3 is 9.84 Å². The van der Waals surface area contributed by atoms with Crippen LogP contribution in [-0.2, 0) is 24.3 Å². The minimum Gasteiger partial charge on any atom is -0.493 e. The average molecular weight is 363 g/mol. The lowest BCUT2D eigenvalue weighted by molar-refractivity contribution is 0.0765. The lowest BCUT2D eigenvalue weighted by Crippen LogP contribution is -2.35. The summed E-state index contributed by atoms with van der Waals surface area (Å²) in [5.74, 6) is -0.514. The molecule has 0 unspecified atom stereocenters. The zero-order valence-electron chi connectivity index (χ0n) is 14.1. The van der Waals surface area contributed by atoms with E-state index in [2.05, 4.69) is 4.98 Å². The van der Waals surface area contributed by atoms with Crippen LogP contribution >= 0.6 is 11.6 Å².